The van der Waals surface area contributed by atoms with Gasteiger partial charge in [-0.15, -0.1) is 0 Å². The van der Waals surface area contributed by atoms with Gasteiger partial charge < -0.3 is 10.2 Å². The van der Waals surface area contributed by atoms with E-state index in [9.17, 15) is 13.4 Å². The summed E-state index contributed by atoms with van der Waals surface area (Å²) in [7, 11) is -2.51. The van der Waals surface area contributed by atoms with Crippen molar-refractivity contribution < 1.29 is 13.4 Å². The van der Waals surface area contributed by atoms with Crippen molar-refractivity contribution in [1.29, 1.82) is 0 Å². The van der Waals surface area contributed by atoms with Crippen molar-refractivity contribution >= 4 is 21.3 Å². The fourth-order valence-corrected chi connectivity index (χ4v) is 5.51. The number of piperidine rings is 1. The Kier molecular flexibility index (Phi) is 6.49. The van der Waals surface area contributed by atoms with Gasteiger partial charge in [-0.25, -0.2) is 8.60 Å². The molecule has 2 unspecified atom stereocenters. The number of carbonyl (C=O) groups excluding carboxylic acids is 1. The Morgan fingerprint density at radius 3 is 2.37 bits per heavy atom. The maximum atomic E-state index is 13.1. The van der Waals surface area contributed by atoms with Gasteiger partial charge in [0.2, 0.25) is 0 Å². The van der Waals surface area contributed by atoms with Crippen LogP contribution in [-0.2, 0) is 14.5 Å². The van der Waals surface area contributed by atoms with Crippen LogP contribution in [0.2, 0.25) is 0 Å². The van der Waals surface area contributed by atoms with Crippen LogP contribution in [0.25, 0.3) is 0 Å². The van der Waals surface area contributed by atoms with Crippen molar-refractivity contribution in [3.05, 3.63) is 30.1 Å². The standard InChI is InChI=1S/C19H29FN4O2S/c1-15(19(25)22-27(2,26)18-7-9-21-10-8-18)23-11-13-24(14-12-23)17-5-3-16(20)4-6-17/h3-6,15,18,21H,7-14H2,1-2H3. The zero-order chi connectivity index (χ0) is 19.4. The fraction of sp³-hybridized carbons (Fsp3) is 0.632. The minimum atomic E-state index is -2.51. The smallest absolute Gasteiger partial charge is 0.270 e. The highest BCUT2D eigenvalue weighted by atomic mass is 32.2. The lowest BCUT2D eigenvalue weighted by molar-refractivity contribution is -0.122. The van der Waals surface area contributed by atoms with Gasteiger partial charge in [-0.1, -0.05) is 0 Å². The predicted molar refractivity (Wildman–Crippen MR) is 107 cm³/mol. The van der Waals surface area contributed by atoms with Crippen LogP contribution in [-0.4, -0.2) is 71.8 Å². The molecular formula is C19H29FN4O2S. The lowest BCUT2D eigenvalue weighted by Gasteiger charge is -2.38. The van der Waals surface area contributed by atoms with Gasteiger partial charge in [-0.2, -0.15) is 4.36 Å². The molecule has 1 aromatic carbocycles. The average Bonchev–Trinajstić information content (AvgIpc) is 2.68. The zero-order valence-corrected chi connectivity index (χ0v) is 16.9. The molecule has 2 aliphatic rings. The predicted octanol–water partition coefficient (Wildman–Crippen LogP) is 1.71. The van der Waals surface area contributed by atoms with Gasteiger partial charge in [0.25, 0.3) is 5.91 Å². The quantitative estimate of drug-likeness (QED) is 0.839. The maximum Gasteiger partial charge on any atom is 0.270 e. The Morgan fingerprint density at radius 2 is 1.78 bits per heavy atom. The van der Waals surface area contributed by atoms with Crippen LogP contribution >= 0.6 is 0 Å². The van der Waals surface area contributed by atoms with Crippen LogP contribution in [0.5, 0.6) is 0 Å². The summed E-state index contributed by atoms with van der Waals surface area (Å²) in [5.74, 6) is -0.522. The monoisotopic (exact) mass is 396 g/mol. The van der Waals surface area contributed by atoms with Crippen LogP contribution in [0, 0.1) is 5.82 Å². The van der Waals surface area contributed by atoms with Gasteiger partial charge >= 0.3 is 0 Å². The van der Waals surface area contributed by atoms with Crippen LogP contribution in [0.3, 0.4) is 0 Å². The van der Waals surface area contributed by atoms with Crippen molar-refractivity contribution in [1.82, 2.24) is 10.2 Å². The Hall–Kier alpha value is -1.51. The molecule has 1 N–H and O–H groups in total. The summed E-state index contributed by atoms with van der Waals surface area (Å²) in [5, 5.41) is 3.24. The van der Waals surface area contributed by atoms with Crippen LogP contribution in [0.4, 0.5) is 10.1 Å². The number of hydrogen-bond acceptors (Lipinski definition) is 5. The molecule has 2 aliphatic heterocycles. The molecule has 27 heavy (non-hydrogen) atoms. The first kappa shape index (κ1) is 20.2. The number of carbonyl (C=O) groups is 1. The van der Waals surface area contributed by atoms with Crippen LogP contribution < -0.4 is 10.2 Å². The summed E-state index contributed by atoms with van der Waals surface area (Å²) in [6.07, 6.45) is 3.23. The maximum absolute atomic E-state index is 13.1. The van der Waals surface area contributed by atoms with E-state index in [4.69, 9.17) is 0 Å². The highest BCUT2D eigenvalue weighted by Gasteiger charge is 2.28. The molecule has 0 saturated carbocycles. The van der Waals surface area contributed by atoms with Gasteiger partial charge in [-0.05, 0) is 57.1 Å². The first-order valence-corrected chi connectivity index (χ1v) is 11.6. The second-order valence-corrected chi connectivity index (χ2v) is 9.99. The topological polar surface area (TPSA) is 65.0 Å². The molecule has 0 aromatic heterocycles. The summed E-state index contributed by atoms with van der Waals surface area (Å²) in [4.78, 5) is 16.9. The van der Waals surface area contributed by atoms with Gasteiger partial charge in [0.15, 0.2) is 0 Å². The van der Waals surface area contributed by atoms with E-state index in [1.165, 1.54) is 12.1 Å². The lowest BCUT2D eigenvalue weighted by atomic mass is 10.2. The Balaban J connectivity index is 1.59. The number of hydrogen-bond donors (Lipinski definition) is 1. The molecule has 150 valence electrons. The molecule has 6 nitrogen and oxygen atoms in total. The van der Waals surface area contributed by atoms with Crippen molar-refractivity contribution in [3.63, 3.8) is 0 Å². The number of benzene rings is 1. The number of rotatable bonds is 4. The molecule has 0 radical (unpaired) electrons. The molecule has 0 aliphatic carbocycles. The number of anilines is 1. The minimum Gasteiger partial charge on any atom is -0.369 e. The van der Waals surface area contributed by atoms with Gasteiger partial charge in [0, 0.05) is 43.4 Å². The lowest BCUT2D eigenvalue weighted by Crippen LogP contribution is -2.51. The average molecular weight is 397 g/mol. The molecule has 2 heterocycles. The molecule has 2 saturated heterocycles. The van der Waals surface area contributed by atoms with Crippen molar-refractivity contribution in [2.75, 3.05) is 50.4 Å². The van der Waals surface area contributed by atoms with E-state index in [2.05, 4.69) is 19.5 Å². The highest BCUT2D eigenvalue weighted by Crippen LogP contribution is 2.19. The molecule has 1 aromatic rings. The molecule has 8 heteroatoms. The van der Waals surface area contributed by atoms with Crippen LogP contribution in [0.15, 0.2) is 28.6 Å². The van der Waals surface area contributed by atoms with Gasteiger partial charge in [0.05, 0.1) is 15.8 Å². The van der Waals surface area contributed by atoms with E-state index < -0.39 is 9.73 Å². The summed E-state index contributed by atoms with van der Waals surface area (Å²) in [5.41, 5.74) is 0.988. The Labute approximate surface area is 161 Å². The molecule has 2 fully saturated rings. The number of piperazine rings is 1. The van der Waals surface area contributed by atoms with Gasteiger partial charge in [0.1, 0.15) is 5.82 Å². The molecule has 2 atom stereocenters. The number of nitrogens with zero attached hydrogens (tertiary/aromatic N) is 3. The molecule has 0 bridgehead atoms. The second-order valence-electron chi connectivity index (χ2n) is 7.42. The molecule has 0 spiro atoms. The highest BCUT2D eigenvalue weighted by molar-refractivity contribution is 7.93. The van der Waals surface area contributed by atoms with Gasteiger partial charge in [-0.3, -0.25) is 9.69 Å². The minimum absolute atomic E-state index is 0.00905. The zero-order valence-electron chi connectivity index (χ0n) is 16.1. The summed E-state index contributed by atoms with van der Waals surface area (Å²) in [6, 6.07) is 6.11. The third-order valence-corrected chi connectivity index (χ3v) is 7.84. The van der Waals surface area contributed by atoms with E-state index in [0.29, 0.717) is 0 Å². The second kappa shape index (κ2) is 8.67. The van der Waals surface area contributed by atoms with E-state index >= 15 is 0 Å². The van der Waals surface area contributed by atoms with E-state index in [-0.39, 0.29) is 23.0 Å². The number of amides is 1. The fourth-order valence-electron chi connectivity index (χ4n) is 3.74. The number of halogens is 1. The summed E-state index contributed by atoms with van der Waals surface area (Å²) >= 11 is 0. The van der Waals surface area contributed by atoms with Crippen molar-refractivity contribution in [3.8, 4) is 0 Å². The molecule has 3 rings (SSSR count). The first-order valence-electron chi connectivity index (χ1n) is 9.57. The summed E-state index contributed by atoms with van der Waals surface area (Å²) < 4.78 is 30.2. The Morgan fingerprint density at radius 1 is 1.19 bits per heavy atom. The third kappa shape index (κ3) is 5.06. The number of nitrogens with one attached hydrogen (secondary N) is 1. The summed E-state index contributed by atoms with van der Waals surface area (Å²) in [6.45, 7) is 6.48. The first-order chi connectivity index (χ1) is 12.9. The van der Waals surface area contributed by atoms with Crippen molar-refractivity contribution in [2.24, 2.45) is 4.36 Å². The third-order valence-electron chi connectivity index (χ3n) is 5.59. The SMILES string of the molecule is CC(C(=O)N=S(C)(=O)C1CCNCC1)N1CCN(c2ccc(F)cc2)CC1. The van der Waals surface area contributed by atoms with E-state index in [0.717, 1.165) is 57.8 Å². The molecule has 1 amide bonds. The van der Waals surface area contributed by atoms with Crippen LogP contribution in [0.1, 0.15) is 19.8 Å². The van der Waals surface area contributed by atoms with Crippen molar-refractivity contribution in [2.45, 2.75) is 31.1 Å². The normalized spacial score (nSPS) is 22.9. The van der Waals surface area contributed by atoms with E-state index in [1.807, 2.05) is 6.92 Å². The largest absolute Gasteiger partial charge is 0.369 e. The Bertz CT molecular complexity index is 762. The van der Waals surface area contributed by atoms with E-state index in [1.54, 1.807) is 18.4 Å². The molecular weight excluding hydrogens is 367 g/mol.